The molecule has 0 radical (unpaired) electrons. The highest BCUT2D eigenvalue weighted by molar-refractivity contribution is 9.10. The molecule has 1 atom stereocenters. The van der Waals surface area contributed by atoms with E-state index in [2.05, 4.69) is 57.3 Å². The van der Waals surface area contributed by atoms with Crippen LogP contribution in [0.2, 0.25) is 0 Å². The average Bonchev–Trinajstić information content (AvgIpc) is 2.95. The Kier molecular flexibility index (Phi) is 6.03. The van der Waals surface area contributed by atoms with Gasteiger partial charge in [0, 0.05) is 47.6 Å². The number of aromatic nitrogens is 2. The summed E-state index contributed by atoms with van der Waals surface area (Å²) in [5, 5.41) is 12.4. The lowest BCUT2D eigenvalue weighted by Crippen LogP contribution is -2.51. The van der Waals surface area contributed by atoms with Gasteiger partial charge >= 0.3 is 6.03 Å². The molecular weight excluding hydrogens is 482 g/mol. The predicted octanol–water partition coefficient (Wildman–Crippen LogP) is 3.72. The van der Waals surface area contributed by atoms with Gasteiger partial charge in [0.05, 0.1) is 11.7 Å². The SMILES string of the molecule is Cc1ccc2c(c1)CCc1cc(Br)cnc1C2N1CCN(C(=O)Nc2ccc[n+](O)c2)CC1. The molecule has 7 nitrogen and oxygen atoms in total. The van der Waals surface area contributed by atoms with Gasteiger partial charge in [-0.3, -0.25) is 15.1 Å². The first-order valence-corrected chi connectivity index (χ1v) is 12.0. The third-order valence-electron chi connectivity index (χ3n) is 6.49. The van der Waals surface area contributed by atoms with Crippen LogP contribution in [-0.4, -0.2) is 52.2 Å². The van der Waals surface area contributed by atoms with E-state index in [-0.39, 0.29) is 12.1 Å². The van der Waals surface area contributed by atoms with Crippen LogP contribution in [0.4, 0.5) is 10.5 Å². The second-order valence-electron chi connectivity index (χ2n) is 8.73. The third kappa shape index (κ3) is 4.58. The number of nitrogens with zero attached hydrogens (tertiary/aromatic N) is 4. The Bertz CT molecular complexity index is 1140. The summed E-state index contributed by atoms with van der Waals surface area (Å²) in [6.45, 7) is 4.92. The molecule has 0 spiro atoms. The first-order valence-electron chi connectivity index (χ1n) is 11.2. The molecule has 2 aromatic heterocycles. The van der Waals surface area contributed by atoms with Crippen molar-refractivity contribution in [3.63, 3.8) is 0 Å². The summed E-state index contributed by atoms with van der Waals surface area (Å²) in [6, 6.07) is 12.3. The minimum absolute atomic E-state index is 0.0823. The Morgan fingerprint density at radius 1 is 1.15 bits per heavy atom. The van der Waals surface area contributed by atoms with Gasteiger partial charge in [0.2, 0.25) is 12.4 Å². The number of carbonyl (C=O) groups excluding carboxylic acids is 1. The third-order valence-corrected chi connectivity index (χ3v) is 6.92. The fraction of sp³-hybridized carbons (Fsp3) is 0.320. The fourth-order valence-electron chi connectivity index (χ4n) is 4.87. The maximum absolute atomic E-state index is 12.8. The highest BCUT2D eigenvalue weighted by atomic mass is 79.9. The lowest BCUT2D eigenvalue weighted by Gasteiger charge is -2.39. The Morgan fingerprint density at radius 3 is 2.73 bits per heavy atom. The Labute approximate surface area is 201 Å². The second kappa shape index (κ2) is 9.11. The number of amides is 2. The van der Waals surface area contributed by atoms with Crippen molar-refractivity contribution in [2.75, 3.05) is 31.5 Å². The smallest absolute Gasteiger partial charge is 0.322 e. The molecule has 0 bridgehead atoms. The van der Waals surface area contributed by atoms with E-state index < -0.39 is 0 Å². The van der Waals surface area contributed by atoms with Gasteiger partial charge in [-0.15, -0.1) is 0 Å². The lowest BCUT2D eigenvalue weighted by molar-refractivity contribution is -0.904. The number of pyridine rings is 2. The number of anilines is 1. The molecule has 2 N–H and O–H groups in total. The summed E-state index contributed by atoms with van der Waals surface area (Å²) < 4.78 is 1.94. The van der Waals surface area contributed by atoms with Crippen molar-refractivity contribution in [3.05, 3.63) is 87.4 Å². The topological polar surface area (TPSA) is 72.6 Å². The lowest BCUT2D eigenvalue weighted by atomic mass is 9.94. The highest BCUT2D eigenvalue weighted by Gasteiger charge is 2.33. The molecule has 1 saturated heterocycles. The number of fused-ring (bicyclic) bond motifs is 2. The van der Waals surface area contributed by atoms with Crippen molar-refractivity contribution >= 4 is 27.6 Å². The first-order chi connectivity index (χ1) is 16.0. The summed E-state index contributed by atoms with van der Waals surface area (Å²) in [6.07, 6.45) is 6.84. The van der Waals surface area contributed by atoms with Crippen molar-refractivity contribution in [1.29, 1.82) is 0 Å². The van der Waals surface area contributed by atoms with Gasteiger partial charge < -0.3 is 10.2 Å². The summed E-state index contributed by atoms with van der Waals surface area (Å²) >= 11 is 3.59. The van der Waals surface area contributed by atoms with E-state index in [0.717, 1.165) is 40.8 Å². The molecule has 33 heavy (non-hydrogen) atoms. The van der Waals surface area contributed by atoms with Gasteiger partial charge in [-0.2, -0.15) is 0 Å². The molecule has 5 rings (SSSR count). The zero-order valence-electron chi connectivity index (χ0n) is 18.5. The van der Waals surface area contributed by atoms with Crippen molar-refractivity contribution < 1.29 is 14.7 Å². The molecule has 2 aliphatic rings. The summed E-state index contributed by atoms with van der Waals surface area (Å²) in [5.41, 5.74) is 6.95. The van der Waals surface area contributed by atoms with E-state index in [1.165, 1.54) is 34.6 Å². The number of hydrogen-bond donors (Lipinski definition) is 2. The first kappa shape index (κ1) is 21.9. The molecule has 0 saturated carbocycles. The number of rotatable bonds is 2. The van der Waals surface area contributed by atoms with Gasteiger partial charge in [-0.25, -0.2) is 4.79 Å². The monoisotopic (exact) mass is 508 g/mol. The fourth-order valence-corrected chi connectivity index (χ4v) is 5.24. The van der Waals surface area contributed by atoms with Crippen LogP contribution < -0.4 is 10.0 Å². The molecule has 3 heterocycles. The van der Waals surface area contributed by atoms with E-state index >= 15 is 0 Å². The quantitative estimate of drug-likeness (QED) is 0.408. The van der Waals surface area contributed by atoms with Crippen molar-refractivity contribution in [2.45, 2.75) is 25.8 Å². The number of aryl methyl sites for hydroxylation is 3. The normalized spacial score (nSPS) is 18.2. The van der Waals surface area contributed by atoms with Crippen molar-refractivity contribution in [3.8, 4) is 0 Å². The summed E-state index contributed by atoms with van der Waals surface area (Å²) in [5.74, 6) is 0. The maximum atomic E-state index is 12.8. The predicted molar refractivity (Wildman–Crippen MR) is 128 cm³/mol. The average molecular weight is 509 g/mol. The molecule has 1 unspecified atom stereocenters. The zero-order chi connectivity index (χ0) is 22.9. The van der Waals surface area contributed by atoms with Crippen molar-refractivity contribution in [1.82, 2.24) is 14.8 Å². The van der Waals surface area contributed by atoms with E-state index in [9.17, 15) is 10.0 Å². The van der Waals surface area contributed by atoms with Crippen LogP contribution in [0.15, 0.2) is 59.5 Å². The molecular formula is C25H27BrN5O2+. The highest BCUT2D eigenvalue weighted by Crippen LogP contribution is 2.37. The summed E-state index contributed by atoms with van der Waals surface area (Å²) in [4.78, 5) is 21.9. The Hall–Kier alpha value is -2.97. The number of nitrogens with one attached hydrogen (secondary N) is 1. The molecule has 3 aromatic rings. The molecule has 8 heteroatoms. The van der Waals surface area contributed by atoms with E-state index in [4.69, 9.17) is 4.98 Å². The number of halogens is 1. The van der Waals surface area contributed by atoms with Crippen molar-refractivity contribution in [2.24, 2.45) is 0 Å². The molecule has 1 aromatic carbocycles. The number of benzene rings is 1. The van der Waals surface area contributed by atoms with Crippen LogP contribution in [0.25, 0.3) is 0 Å². The van der Waals surface area contributed by atoms with Gasteiger partial charge in [0.15, 0.2) is 0 Å². The van der Waals surface area contributed by atoms with E-state index in [0.29, 0.717) is 18.8 Å². The molecule has 2 amide bonds. The minimum atomic E-state index is -0.153. The largest absolute Gasteiger partial charge is 0.322 e. The number of hydrogen-bond acceptors (Lipinski definition) is 4. The molecule has 170 valence electrons. The van der Waals surface area contributed by atoms with Crippen LogP contribution in [0.3, 0.4) is 0 Å². The molecule has 1 fully saturated rings. The minimum Gasteiger partial charge on any atom is -0.322 e. The van der Waals surface area contributed by atoms with E-state index in [1.807, 2.05) is 11.1 Å². The van der Waals surface area contributed by atoms with E-state index in [1.54, 1.807) is 12.1 Å². The number of piperazine rings is 1. The Balaban J connectivity index is 1.37. The van der Waals surface area contributed by atoms with Crippen LogP contribution in [0.1, 0.15) is 34.0 Å². The second-order valence-corrected chi connectivity index (χ2v) is 9.64. The van der Waals surface area contributed by atoms with Crippen LogP contribution in [0, 0.1) is 6.92 Å². The molecule has 1 aliphatic heterocycles. The van der Waals surface area contributed by atoms with Gasteiger partial charge in [0.1, 0.15) is 5.69 Å². The maximum Gasteiger partial charge on any atom is 0.322 e. The van der Waals surface area contributed by atoms with Crippen LogP contribution in [-0.2, 0) is 12.8 Å². The Morgan fingerprint density at radius 2 is 1.94 bits per heavy atom. The zero-order valence-corrected chi connectivity index (χ0v) is 20.1. The number of carbonyl (C=O) groups is 1. The molecule has 1 aliphatic carbocycles. The van der Waals surface area contributed by atoms with Gasteiger partial charge in [0.25, 0.3) is 0 Å². The number of urea groups is 1. The summed E-state index contributed by atoms with van der Waals surface area (Å²) in [7, 11) is 0. The van der Waals surface area contributed by atoms with Gasteiger partial charge in [-0.1, -0.05) is 23.8 Å². The van der Waals surface area contributed by atoms with Gasteiger partial charge in [-0.05, 0) is 64.5 Å². The van der Waals surface area contributed by atoms with Crippen LogP contribution in [0.5, 0.6) is 0 Å². The standard InChI is InChI=1S/C25H26BrN5O2/c1-17-4-7-22-18(13-17)5-6-19-14-20(26)15-27-23(19)24(22)29-9-11-30(12-10-29)25(32)28-21-3-2-8-31(33)16-21/h2-4,7-8,13-16,24H,5-6,9-12H2,1H3,(H-,28,32,33)/p+1. The van der Waals surface area contributed by atoms with Crippen LogP contribution >= 0.6 is 15.9 Å².